The first kappa shape index (κ1) is 18.1. The lowest BCUT2D eigenvalue weighted by Gasteiger charge is -2.08. The van der Waals surface area contributed by atoms with Crippen LogP contribution in [0.4, 0.5) is 0 Å². The van der Waals surface area contributed by atoms with E-state index in [4.69, 9.17) is 14.2 Å². The standard InChI is InChI=1S/C19H18O6/c1-12(20)25-15-6-4-14(5-7-15)18(19(21)22)10-13-8-16(23-2)11-17(9-13)24-3/h4-11H,1-3H3,(H,21,22)/b18-10-. The Morgan fingerprint density at radius 1 is 0.920 bits per heavy atom. The zero-order valence-electron chi connectivity index (χ0n) is 14.1. The summed E-state index contributed by atoms with van der Waals surface area (Å²) >= 11 is 0. The Morgan fingerprint density at radius 2 is 1.48 bits per heavy atom. The highest BCUT2D eigenvalue weighted by atomic mass is 16.5. The van der Waals surface area contributed by atoms with Gasteiger partial charge in [-0.2, -0.15) is 0 Å². The Kier molecular flexibility index (Phi) is 5.79. The Hall–Kier alpha value is -3.28. The molecular formula is C19H18O6. The second-order valence-corrected chi connectivity index (χ2v) is 5.13. The third kappa shape index (κ3) is 4.84. The van der Waals surface area contributed by atoms with Crippen LogP contribution in [-0.4, -0.2) is 31.3 Å². The summed E-state index contributed by atoms with van der Waals surface area (Å²) in [4.78, 5) is 22.6. The van der Waals surface area contributed by atoms with E-state index in [0.29, 0.717) is 28.4 Å². The molecule has 0 fully saturated rings. The molecule has 2 rings (SSSR count). The third-order valence-corrected chi connectivity index (χ3v) is 3.34. The minimum atomic E-state index is -1.08. The van der Waals surface area contributed by atoms with Gasteiger partial charge in [0.15, 0.2) is 0 Å². The lowest BCUT2D eigenvalue weighted by Crippen LogP contribution is -2.02. The van der Waals surface area contributed by atoms with Crippen LogP contribution >= 0.6 is 0 Å². The topological polar surface area (TPSA) is 82.1 Å². The molecule has 0 atom stereocenters. The van der Waals surface area contributed by atoms with Gasteiger partial charge in [0, 0.05) is 13.0 Å². The second-order valence-electron chi connectivity index (χ2n) is 5.13. The highest BCUT2D eigenvalue weighted by Gasteiger charge is 2.12. The van der Waals surface area contributed by atoms with Gasteiger partial charge in [0.2, 0.25) is 0 Å². The van der Waals surface area contributed by atoms with Crippen molar-refractivity contribution < 1.29 is 28.9 Å². The number of carbonyl (C=O) groups is 2. The molecule has 6 heteroatoms. The number of aliphatic carboxylic acids is 1. The predicted octanol–water partition coefficient (Wildman–Crippen LogP) is 3.25. The van der Waals surface area contributed by atoms with Gasteiger partial charge in [-0.3, -0.25) is 4.79 Å². The maximum Gasteiger partial charge on any atom is 0.336 e. The molecule has 25 heavy (non-hydrogen) atoms. The van der Waals surface area contributed by atoms with Gasteiger partial charge >= 0.3 is 11.9 Å². The summed E-state index contributed by atoms with van der Waals surface area (Å²) in [6, 6.07) is 11.4. The Morgan fingerprint density at radius 3 is 1.92 bits per heavy atom. The molecule has 0 aliphatic heterocycles. The van der Waals surface area contributed by atoms with Gasteiger partial charge < -0.3 is 19.3 Å². The van der Waals surface area contributed by atoms with Crippen LogP contribution in [0.1, 0.15) is 18.1 Å². The summed E-state index contributed by atoms with van der Waals surface area (Å²) in [5.41, 5.74) is 1.19. The average molecular weight is 342 g/mol. The molecule has 0 aliphatic rings. The Balaban J connectivity index is 2.42. The molecule has 0 aromatic heterocycles. The lowest BCUT2D eigenvalue weighted by molar-refractivity contribution is -0.132. The van der Waals surface area contributed by atoms with Crippen LogP contribution in [0.25, 0.3) is 11.6 Å². The largest absolute Gasteiger partial charge is 0.497 e. The third-order valence-electron chi connectivity index (χ3n) is 3.34. The number of ether oxygens (including phenoxy) is 3. The summed E-state index contributed by atoms with van der Waals surface area (Å²) in [5.74, 6) is -0.0580. The van der Waals surface area contributed by atoms with Gasteiger partial charge in [-0.15, -0.1) is 0 Å². The molecule has 0 saturated heterocycles. The highest BCUT2D eigenvalue weighted by molar-refractivity contribution is 6.20. The van der Waals surface area contributed by atoms with E-state index in [9.17, 15) is 14.7 Å². The molecular weight excluding hydrogens is 324 g/mol. The minimum Gasteiger partial charge on any atom is -0.497 e. The smallest absolute Gasteiger partial charge is 0.336 e. The molecule has 0 heterocycles. The fourth-order valence-electron chi connectivity index (χ4n) is 2.22. The maximum atomic E-state index is 11.7. The van der Waals surface area contributed by atoms with Crippen molar-refractivity contribution in [2.24, 2.45) is 0 Å². The van der Waals surface area contributed by atoms with E-state index >= 15 is 0 Å². The summed E-state index contributed by atoms with van der Waals surface area (Å²) in [6.45, 7) is 1.30. The summed E-state index contributed by atoms with van der Waals surface area (Å²) in [7, 11) is 3.04. The molecule has 0 bridgehead atoms. The zero-order chi connectivity index (χ0) is 18.4. The number of rotatable bonds is 6. The van der Waals surface area contributed by atoms with Gasteiger partial charge in [0.1, 0.15) is 17.2 Å². The fraction of sp³-hybridized carbons (Fsp3) is 0.158. The van der Waals surface area contributed by atoms with E-state index in [1.807, 2.05) is 0 Å². The van der Waals surface area contributed by atoms with Crippen molar-refractivity contribution in [2.75, 3.05) is 14.2 Å². The van der Waals surface area contributed by atoms with Gasteiger partial charge in [-0.25, -0.2) is 4.79 Å². The first-order valence-electron chi connectivity index (χ1n) is 7.40. The Bertz CT molecular complexity index is 783. The quantitative estimate of drug-likeness (QED) is 0.375. The van der Waals surface area contributed by atoms with Crippen LogP contribution in [0.5, 0.6) is 17.2 Å². The molecule has 0 aliphatic carbocycles. The molecule has 0 saturated carbocycles. The first-order valence-corrected chi connectivity index (χ1v) is 7.40. The van der Waals surface area contributed by atoms with Crippen molar-refractivity contribution in [1.82, 2.24) is 0 Å². The number of hydrogen-bond donors (Lipinski definition) is 1. The molecule has 2 aromatic carbocycles. The van der Waals surface area contributed by atoms with Crippen molar-refractivity contribution in [1.29, 1.82) is 0 Å². The molecule has 6 nitrogen and oxygen atoms in total. The van der Waals surface area contributed by atoms with Crippen molar-refractivity contribution in [3.63, 3.8) is 0 Å². The number of hydrogen-bond acceptors (Lipinski definition) is 5. The van der Waals surface area contributed by atoms with Crippen molar-refractivity contribution in [2.45, 2.75) is 6.92 Å². The Labute approximate surface area is 145 Å². The van der Waals surface area contributed by atoms with E-state index in [0.717, 1.165) is 0 Å². The van der Waals surface area contributed by atoms with E-state index in [2.05, 4.69) is 0 Å². The number of carbonyl (C=O) groups excluding carboxylic acids is 1. The van der Waals surface area contributed by atoms with E-state index in [-0.39, 0.29) is 5.57 Å². The summed E-state index contributed by atoms with van der Waals surface area (Å²) in [5, 5.41) is 9.54. The summed E-state index contributed by atoms with van der Waals surface area (Å²) < 4.78 is 15.3. The van der Waals surface area contributed by atoms with Gasteiger partial charge in [-0.1, -0.05) is 12.1 Å². The normalized spacial score (nSPS) is 10.9. The van der Waals surface area contributed by atoms with E-state index in [1.54, 1.807) is 42.5 Å². The van der Waals surface area contributed by atoms with Gasteiger partial charge in [0.25, 0.3) is 0 Å². The lowest BCUT2D eigenvalue weighted by atomic mass is 10.0. The molecule has 0 spiro atoms. The van der Waals surface area contributed by atoms with Crippen LogP contribution < -0.4 is 14.2 Å². The van der Waals surface area contributed by atoms with Crippen LogP contribution in [0.15, 0.2) is 42.5 Å². The number of carboxylic acid groups (broad SMARTS) is 1. The number of benzene rings is 2. The zero-order valence-corrected chi connectivity index (χ0v) is 14.1. The molecule has 0 amide bonds. The molecule has 130 valence electrons. The van der Waals surface area contributed by atoms with Crippen LogP contribution in [-0.2, 0) is 9.59 Å². The predicted molar refractivity (Wildman–Crippen MR) is 92.8 cm³/mol. The maximum absolute atomic E-state index is 11.7. The molecule has 1 N–H and O–H groups in total. The van der Waals surface area contributed by atoms with Crippen LogP contribution in [0, 0.1) is 0 Å². The summed E-state index contributed by atoms with van der Waals surface area (Å²) in [6.07, 6.45) is 1.52. The van der Waals surface area contributed by atoms with Crippen LogP contribution in [0.2, 0.25) is 0 Å². The van der Waals surface area contributed by atoms with Crippen molar-refractivity contribution in [3.05, 3.63) is 53.6 Å². The van der Waals surface area contributed by atoms with E-state index < -0.39 is 11.9 Å². The number of carboxylic acids is 1. The second kappa shape index (κ2) is 8.01. The minimum absolute atomic E-state index is 0.0877. The van der Waals surface area contributed by atoms with Crippen molar-refractivity contribution >= 4 is 23.6 Å². The first-order chi connectivity index (χ1) is 11.9. The SMILES string of the molecule is COc1cc(/C=C(\C(=O)O)c2ccc(OC(C)=O)cc2)cc(OC)c1. The number of esters is 1. The number of methoxy groups -OCH3 is 2. The fourth-order valence-corrected chi connectivity index (χ4v) is 2.22. The van der Waals surface area contributed by atoms with Gasteiger partial charge in [0.05, 0.1) is 19.8 Å². The average Bonchev–Trinajstić information content (AvgIpc) is 2.59. The monoisotopic (exact) mass is 342 g/mol. The molecule has 2 aromatic rings. The highest BCUT2D eigenvalue weighted by Crippen LogP contribution is 2.27. The molecule has 0 unspecified atom stereocenters. The molecule has 0 radical (unpaired) electrons. The van der Waals surface area contributed by atoms with Gasteiger partial charge in [-0.05, 0) is 41.5 Å². The van der Waals surface area contributed by atoms with E-state index in [1.165, 1.54) is 27.2 Å². The van der Waals surface area contributed by atoms with Crippen LogP contribution in [0.3, 0.4) is 0 Å². The van der Waals surface area contributed by atoms with Crippen molar-refractivity contribution in [3.8, 4) is 17.2 Å².